The Morgan fingerprint density at radius 3 is 2.31 bits per heavy atom. The van der Waals surface area contributed by atoms with Crippen molar-refractivity contribution < 1.29 is 27.5 Å². The van der Waals surface area contributed by atoms with E-state index >= 15 is 0 Å². The number of methoxy groups -OCH3 is 1. The van der Waals surface area contributed by atoms with Gasteiger partial charge in [0.1, 0.15) is 0 Å². The number of allylic oxidation sites excluding steroid dienone is 1. The third-order valence-electron chi connectivity index (χ3n) is 4.34. The second-order valence-electron chi connectivity index (χ2n) is 6.87. The van der Waals surface area contributed by atoms with Crippen LogP contribution in [-0.2, 0) is 19.6 Å². The van der Waals surface area contributed by atoms with Crippen molar-refractivity contribution in [2.75, 3.05) is 27.3 Å². The van der Waals surface area contributed by atoms with Crippen LogP contribution in [0.15, 0.2) is 53.4 Å². The molecule has 0 radical (unpaired) electrons. The number of hydrogen-bond donors (Lipinski definition) is 2. The van der Waals surface area contributed by atoms with Gasteiger partial charge in [-0.2, -0.15) is 4.31 Å². The predicted octanol–water partition coefficient (Wildman–Crippen LogP) is 1.88. The fourth-order valence-electron chi connectivity index (χ4n) is 2.64. The molecule has 0 saturated heterocycles. The predicted molar refractivity (Wildman–Crippen MR) is 120 cm³/mol. The van der Waals surface area contributed by atoms with E-state index in [1.165, 1.54) is 26.3 Å². The second kappa shape index (κ2) is 11.3. The number of carbonyl (C=O) groups is 2. The van der Waals surface area contributed by atoms with Crippen LogP contribution < -0.4 is 20.3 Å². The van der Waals surface area contributed by atoms with Crippen LogP contribution in [0.2, 0.25) is 0 Å². The van der Waals surface area contributed by atoms with Gasteiger partial charge < -0.3 is 9.47 Å². The first-order valence-electron chi connectivity index (χ1n) is 9.71. The summed E-state index contributed by atoms with van der Waals surface area (Å²) in [6.45, 7) is 2.88. The van der Waals surface area contributed by atoms with Crippen LogP contribution in [0.1, 0.15) is 18.1 Å². The lowest BCUT2D eigenvalue weighted by Gasteiger charge is -2.17. The van der Waals surface area contributed by atoms with Gasteiger partial charge >= 0.3 is 0 Å². The van der Waals surface area contributed by atoms with E-state index in [1.807, 2.05) is 32.1 Å². The maximum Gasteiger partial charge on any atom is 0.276 e. The summed E-state index contributed by atoms with van der Waals surface area (Å²) >= 11 is 0. The summed E-state index contributed by atoms with van der Waals surface area (Å²) in [7, 11) is -1.06. The lowest BCUT2D eigenvalue weighted by atomic mass is 10.2. The zero-order valence-electron chi connectivity index (χ0n) is 18.4. The molecule has 0 unspecified atom stereocenters. The Morgan fingerprint density at radius 2 is 1.69 bits per heavy atom. The highest BCUT2D eigenvalue weighted by atomic mass is 32.2. The van der Waals surface area contributed by atoms with Gasteiger partial charge in [0.05, 0.1) is 18.6 Å². The summed E-state index contributed by atoms with van der Waals surface area (Å²) in [6.07, 6.45) is 3.78. The minimum atomic E-state index is -3.83. The number of rotatable bonds is 9. The number of hydrogen-bond acceptors (Lipinski definition) is 6. The summed E-state index contributed by atoms with van der Waals surface area (Å²) in [5.74, 6) is -0.502. The summed E-state index contributed by atoms with van der Waals surface area (Å²) in [4.78, 5) is 24.1. The number of nitrogens with one attached hydrogen (secondary N) is 2. The van der Waals surface area contributed by atoms with Gasteiger partial charge in [0, 0.05) is 7.05 Å². The van der Waals surface area contributed by atoms with Gasteiger partial charge in [-0.25, -0.2) is 8.42 Å². The number of carbonyl (C=O) groups excluding carboxylic acids is 2. The van der Waals surface area contributed by atoms with Gasteiger partial charge in [-0.1, -0.05) is 35.9 Å². The number of ether oxygens (including phenoxy) is 2. The Bertz CT molecular complexity index is 1080. The molecule has 2 amide bonds. The van der Waals surface area contributed by atoms with Crippen molar-refractivity contribution in [3.05, 3.63) is 59.7 Å². The second-order valence-corrected chi connectivity index (χ2v) is 8.91. The topological polar surface area (TPSA) is 114 Å². The van der Waals surface area contributed by atoms with E-state index in [1.54, 1.807) is 24.3 Å². The summed E-state index contributed by atoms with van der Waals surface area (Å²) in [5, 5.41) is 0. The molecule has 2 rings (SSSR count). The first-order chi connectivity index (χ1) is 15.2. The molecule has 0 atom stereocenters. The Balaban J connectivity index is 1.85. The van der Waals surface area contributed by atoms with Crippen molar-refractivity contribution in [3.8, 4) is 11.5 Å². The summed E-state index contributed by atoms with van der Waals surface area (Å²) in [5.41, 5.74) is 6.19. The molecule has 0 saturated carbocycles. The number of hydrazine groups is 1. The number of likely N-dealkylation sites (N-methyl/N-ethyl adjacent to an activating group) is 1. The molecule has 0 aliphatic carbocycles. The van der Waals surface area contributed by atoms with Crippen LogP contribution >= 0.6 is 0 Å². The normalized spacial score (nSPS) is 11.4. The summed E-state index contributed by atoms with van der Waals surface area (Å²) < 4.78 is 36.6. The van der Waals surface area contributed by atoms with Crippen LogP contribution in [0.4, 0.5) is 0 Å². The molecule has 0 spiro atoms. The Morgan fingerprint density at radius 1 is 1.03 bits per heavy atom. The number of aryl methyl sites for hydroxylation is 1. The maximum absolute atomic E-state index is 12.5. The van der Waals surface area contributed by atoms with Crippen LogP contribution in [0.5, 0.6) is 11.5 Å². The average molecular weight is 462 g/mol. The molecule has 2 N–H and O–H groups in total. The van der Waals surface area contributed by atoms with Crippen molar-refractivity contribution in [2.24, 2.45) is 0 Å². The molecule has 2 aromatic carbocycles. The van der Waals surface area contributed by atoms with E-state index in [0.29, 0.717) is 11.5 Å². The smallest absolute Gasteiger partial charge is 0.276 e. The molecule has 0 aromatic heterocycles. The van der Waals surface area contributed by atoms with E-state index in [-0.39, 0.29) is 11.5 Å². The number of benzene rings is 2. The van der Waals surface area contributed by atoms with Crippen molar-refractivity contribution in [3.63, 3.8) is 0 Å². The van der Waals surface area contributed by atoms with E-state index < -0.39 is 28.4 Å². The lowest BCUT2D eigenvalue weighted by Crippen LogP contribution is -2.48. The third kappa shape index (κ3) is 6.82. The van der Waals surface area contributed by atoms with Gasteiger partial charge in [-0.15, -0.1) is 0 Å². The molecule has 0 aliphatic rings. The van der Waals surface area contributed by atoms with Gasteiger partial charge in [-0.05, 0) is 43.7 Å². The van der Waals surface area contributed by atoms with E-state index in [2.05, 4.69) is 10.9 Å². The van der Waals surface area contributed by atoms with Gasteiger partial charge in [0.2, 0.25) is 10.0 Å². The summed E-state index contributed by atoms with van der Waals surface area (Å²) in [6, 6.07) is 11.5. The third-order valence-corrected chi connectivity index (χ3v) is 6.16. The molecule has 0 aliphatic heterocycles. The first kappa shape index (κ1) is 24.9. The minimum Gasteiger partial charge on any atom is -0.493 e. The van der Waals surface area contributed by atoms with Crippen molar-refractivity contribution in [2.45, 2.75) is 18.7 Å². The number of nitrogens with zero attached hydrogens (tertiary/aromatic N) is 1. The molecule has 0 fully saturated rings. The van der Waals surface area contributed by atoms with Crippen LogP contribution in [-0.4, -0.2) is 51.8 Å². The molecule has 32 heavy (non-hydrogen) atoms. The molecule has 10 heteroatoms. The highest BCUT2D eigenvalue weighted by Crippen LogP contribution is 2.28. The molecule has 172 valence electrons. The van der Waals surface area contributed by atoms with Crippen molar-refractivity contribution in [1.82, 2.24) is 15.2 Å². The van der Waals surface area contributed by atoms with Crippen LogP contribution in [0.25, 0.3) is 6.08 Å². The molecular weight excluding hydrogens is 434 g/mol. The van der Waals surface area contributed by atoms with E-state index in [4.69, 9.17) is 9.47 Å². The molecule has 2 aromatic rings. The van der Waals surface area contributed by atoms with E-state index in [0.717, 1.165) is 15.4 Å². The van der Waals surface area contributed by atoms with Crippen LogP contribution in [0, 0.1) is 6.92 Å². The highest BCUT2D eigenvalue weighted by Gasteiger charge is 2.23. The zero-order chi connectivity index (χ0) is 23.7. The van der Waals surface area contributed by atoms with Crippen molar-refractivity contribution in [1.29, 1.82) is 0 Å². The fourth-order valence-corrected chi connectivity index (χ4v) is 3.76. The van der Waals surface area contributed by atoms with Crippen molar-refractivity contribution >= 4 is 27.9 Å². The van der Waals surface area contributed by atoms with Gasteiger partial charge in [0.15, 0.2) is 18.1 Å². The Labute approximate surface area is 188 Å². The van der Waals surface area contributed by atoms with Gasteiger partial charge in [0.25, 0.3) is 11.8 Å². The number of sulfonamides is 1. The molecular formula is C22H27N3O6S. The Hall–Kier alpha value is -3.37. The quantitative estimate of drug-likeness (QED) is 0.551. The average Bonchev–Trinajstić information content (AvgIpc) is 2.77. The minimum absolute atomic E-state index is 0.0743. The highest BCUT2D eigenvalue weighted by molar-refractivity contribution is 7.89. The Kier molecular flexibility index (Phi) is 8.80. The SMILES string of the molecule is CC=Cc1ccc(OCC(=O)NNC(=O)CN(C)S(=O)(=O)c2ccc(C)cc2)c(OC)c1. The monoisotopic (exact) mass is 461 g/mol. The largest absolute Gasteiger partial charge is 0.493 e. The van der Waals surface area contributed by atoms with Crippen LogP contribution in [0.3, 0.4) is 0 Å². The lowest BCUT2D eigenvalue weighted by molar-refractivity contribution is -0.130. The molecule has 0 heterocycles. The number of amides is 2. The van der Waals surface area contributed by atoms with Gasteiger partial charge in [-0.3, -0.25) is 20.4 Å². The standard InChI is InChI=1S/C22H27N3O6S/c1-5-6-17-9-12-19(20(13-17)30-4)31-15-22(27)24-23-21(26)14-25(3)32(28,29)18-10-7-16(2)8-11-18/h5-13H,14-15H2,1-4H3,(H,23,26)(H,24,27). The zero-order valence-corrected chi connectivity index (χ0v) is 19.2. The maximum atomic E-state index is 12.5. The fraction of sp³-hybridized carbons (Fsp3) is 0.273. The first-order valence-corrected chi connectivity index (χ1v) is 11.2. The molecule has 0 bridgehead atoms. The molecule has 9 nitrogen and oxygen atoms in total. The van der Waals surface area contributed by atoms with E-state index in [9.17, 15) is 18.0 Å².